The van der Waals surface area contributed by atoms with Crippen LogP contribution in [0, 0.1) is 5.82 Å². The van der Waals surface area contributed by atoms with Crippen LogP contribution < -0.4 is 10.1 Å². The smallest absolute Gasteiger partial charge is 0.417 e. The molecule has 1 amide bonds. The third kappa shape index (κ3) is 7.40. The van der Waals surface area contributed by atoms with Gasteiger partial charge >= 0.3 is 18.0 Å². The van der Waals surface area contributed by atoms with Gasteiger partial charge in [-0.05, 0) is 71.9 Å². The van der Waals surface area contributed by atoms with Gasteiger partial charge in [-0.25, -0.2) is 18.8 Å². The quantitative estimate of drug-likeness (QED) is 0.657. The molecule has 0 aromatic heterocycles. The largest absolute Gasteiger partial charge is 0.456 e. The molecule has 2 aromatic rings. The van der Waals surface area contributed by atoms with E-state index in [0.717, 1.165) is 12.1 Å². The third-order valence-corrected chi connectivity index (χ3v) is 3.55. The fraction of sp³-hybridized carbons (Fsp3) is 0.348. The molecule has 31 heavy (non-hydrogen) atoms. The SMILES string of the molecule is CC(C)(C)OC(=O)c1cc(OC(=O)Nc2ccccc2C(=O)OC(C)(C)C)ccc1F. The van der Waals surface area contributed by atoms with Crippen LogP contribution in [0.15, 0.2) is 42.5 Å². The lowest BCUT2D eigenvalue weighted by Gasteiger charge is -2.20. The van der Waals surface area contributed by atoms with Gasteiger partial charge in [-0.15, -0.1) is 0 Å². The first-order valence-electron chi connectivity index (χ1n) is 9.59. The fourth-order valence-corrected chi connectivity index (χ4v) is 2.40. The summed E-state index contributed by atoms with van der Waals surface area (Å²) in [5.41, 5.74) is -1.58. The van der Waals surface area contributed by atoms with Crippen LogP contribution >= 0.6 is 0 Å². The Labute approximate surface area is 180 Å². The normalized spacial score (nSPS) is 11.5. The summed E-state index contributed by atoms with van der Waals surface area (Å²) < 4.78 is 29.7. The summed E-state index contributed by atoms with van der Waals surface area (Å²) in [5.74, 6) is -2.38. The predicted molar refractivity (Wildman–Crippen MR) is 113 cm³/mol. The molecule has 2 rings (SSSR count). The van der Waals surface area contributed by atoms with E-state index in [4.69, 9.17) is 14.2 Å². The van der Waals surface area contributed by atoms with Crippen LogP contribution in [-0.2, 0) is 9.47 Å². The maximum absolute atomic E-state index is 14.0. The third-order valence-electron chi connectivity index (χ3n) is 3.55. The Kier molecular flexibility index (Phi) is 7.05. The molecule has 1 N–H and O–H groups in total. The highest BCUT2D eigenvalue weighted by Gasteiger charge is 2.23. The molecule has 0 aliphatic rings. The van der Waals surface area contributed by atoms with Crippen molar-refractivity contribution in [3.63, 3.8) is 0 Å². The van der Waals surface area contributed by atoms with Crippen LogP contribution in [0.1, 0.15) is 62.3 Å². The molecule has 8 heteroatoms. The summed E-state index contributed by atoms with van der Waals surface area (Å²) in [6.07, 6.45) is -0.933. The maximum Gasteiger partial charge on any atom is 0.417 e. The molecule has 0 fully saturated rings. The van der Waals surface area contributed by atoms with E-state index < -0.39 is 35.1 Å². The number of carbonyl (C=O) groups excluding carboxylic acids is 3. The van der Waals surface area contributed by atoms with Gasteiger partial charge in [0.2, 0.25) is 0 Å². The summed E-state index contributed by atoms with van der Waals surface area (Å²) in [4.78, 5) is 36.9. The first-order chi connectivity index (χ1) is 14.2. The average Bonchev–Trinajstić information content (AvgIpc) is 2.60. The number of carbonyl (C=O) groups is 3. The molecule has 0 atom stereocenters. The first-order valence-corrected chi connectivity index (χ1v) is 9.59. The minimum Gasteiger partial charge on any atom is -0.456 e. The number of hydrogen-bond acceptors (Lipinski definition) is 6. The van der Waals surface area contributed by atoms with E-state index in [1.54, 1.807) is 53.7 Å². The Hall–Kier alpha value is -3.42. The molecule has 0 heterocycles. The van der Waals surface area contributed by atoms with E-state index in [1.165, 1.54) is 18.2 Å². The Morgan fingerprint density at radius 2 is 1.35 bits per heavy atom. The Balaban J connectivity index is 2.16. The number of para-hydroxylation sites is 1. The number of benzene rings is 2. The molecule has 0 radical (unpaired) electrons. The lowest BCUT2D eigenvalue weighted by Crippen LogP contribution is -2.25. The minimum absolute atomic E-state index is 0.0745. The van der Waals surface area contributed by atoms with Crippen LogP contribution in [0.5, 0.6) is 5.75 Å². The second kappa shape index (κ2) is 9.16. The van der Waals surface area contributed by atoms with E-state index in [1.807, 2.05) is 0 Å². The van der Waals surface area contributed by atoms with Crippen molar-refractivity contribution in [3.8, 4) is 5.75 Å². The van der Waals surface area contributed by atoms with Crippen LogP contribution in [-0.4, -0.2) is 29.2 Å². The molecular formula is C23H26FNO6. The first kappa shape index (κ1) is 23.9. The number of anilines is 1. The van der Waals surface area contributed by atoms with Crippen molar-refractivity contribution < 1.29 is 33.0 Å². The Bertz CT molecular complexity index is 988. The molecule has 0 aliphatic heterocycles. The lowest BCUT2D eigenvalue weighted by atomic mass is 10.1. The molecule has 0 saturated heterocycles. The second-order valence-corrected chi connectivity index (χ2v) is 8.71. The van der Waals surface area contributed by atoms with Gasteiger partial charge in [-0.2, -0.15) is 0 Å². The number of rotatable bonds is 4. The van der Waals surface area contributed by atoms with Crippen molar-refractivity contribution in [1.82, 2.24) is 0 Å². The van der Waals surface area contributed by atoms with Crippen molar-refractivity contribution in [2.75, 3.05) is 5.32 Å². The molecule has 0 bridgehead atoms. The summed E-state index contributed by atoms with van der Waals surface area (Å²) in [6, 6.07) is 9.53. The van der Waals surface area contributed by atoms with Crippen molar-refractivity contribution >= 4 is 23.7 Å². The summed E-state index contributed by atoms with van der Waals surface area (Å²) in [5, 5.41) is 2.46. The highest BCUT2D eigenvalue weighted by atomic mass is 19.1. The number of nitrogens with one attached hydrogen (secondary N) is 1. The van der Waals surface area contributed by atoms with Crippen LogP contribution in [0.2, 0.25) is 0 Å². The number of amides is 1. The van der Waals surface area contributed by atoms with Gasteiger partial charge in [0.1, 0.15) is 22.8 Å². The molecule has 0 aliphatic carbocycles. The number of halogens is 1. The minimum atomic E-state index is -0.933. The molecule has 166 valence electrons. The molecule has 0 unspecified atom stereocenters. The zero-order valence-corrected chi connectivity index (χ0v) is 18.4. The second-order valence-electron chi connectivity index (χ2n) is 8.71. The molecule has 7 nitrogen and oxygen atoms in total. The Morgan fingerprint density at radius 3 is 1.94 bits per heavy atom. The predicted octanol–water partition coefficient (Wildman–Crippen LogP) is 5.35. The number of esters is 2. The molecule has 0 spiro atoms. The van der Waals surface area contributed by atoms with Gasteiger partial charge in [-0.3, -0.25) is 5.32 Å². The number of ether oxygens (including phenoxy) is 3. The zero-order chi connectivity index (χ0) is 23.4. The summed E-state index contributed by atoms with van der Waals surface area (Å²) in [6.45, 7) is 10.1. The topological polar surface area (TPSA) is 90.9 Å². The number of hydrogen-bond donors (Lipinski definition) is 1. The standard InChI is InChI=1S/C23H26FNO6/c1-22(2,3)30-19(26)15-9-7-8-10-18(15)25-21(28)29-14-11-12-17(24)16(13-14)20(27)31-23(4,5)6/h7-13H,1-6H3,(H,25,28). The summed E-state index contributed by atoms with van der Waals surface area (Å²) in [7, 11) is 0. The van der Waals surface area contributed by atoms with Crippen molar-refractivity contribution in [1.29, 1.82) is 0 Å². The van der Waals surface area contributed by atoms with E-state index in [-0.39, 0.29) is 22.6 Å². The highest BCUT2D eigenvalue weighted by molar-refractivity contribution is 6.00. The molecular weight excluding hydrogens is 405 g/mol. The summed E-state index contributed by atoms with van der Waals surface area (Å²) >= 11 is 0. The van der Waals surface area contributed by atoms with Gasteiger partial charge < -0.3 is 14.2 Å². The van der Waals surface area contributed by atoms with Gasteiger partial charge in [0.25, 0.3) is 0 Å². The van der Waals surface area contributed by atoms with E-state index in [0.29, 0.717) is 0 Å². The molecule has 0 saturated carbocycles. The maximum atomic E-state index is 14.0. The highest BCUT2D eigenvalue weighted by Crippen LogP contribution is 2.23. The average molecular weight is 431 g/mol. The van der Waals surface area contributed by atoms with Crippen LogP contribution in [0.3, 0.4) is 0 Å². The monoisotopic (exact) mass is 431 g/mol. The van der Waals surface area contributed by atoms with Crippen molar-refractivity contribution in [2.45, 2.75) is 52.7 Å². The zero-order valence-electron chi connectivity index (χ0n) is 18.4. The van der Waals surface area contributed by atoms with Gasteiger partial charge in [0.05, 0.1) is 16.8 Å². The van der Waals surface area contributed by atoms with E-state index >= 15 is 0 Å². The van der Waals surface area contributed by atoms with Gasteiger partial charge in [-0.1, -0.05) is 12.1 Å². The Morgan fingerprint density at radius 1 is 0.806 bits per heavy atom. The lowest BCUT2D eigenvalue weighted by molar-refractivity contribution is 0.00542. The van der Waals surface area contributed by atoms with E-state index in [9.17, 15) is 18.8 Å². The molecule has 2 aromatic carbocycles. The van der Waals surface area contributed by atoms with Crippen molar-refractivity contribution in [3.05, 3.63) is 59.4 Å². The fourth-order valence-electron chi connectivity index (χ4n) is 2.40. The van der Waals surface area contributed by atoms with Gasteiger partial charge in [0, 0.05) is 0 Å². The van der Waals surface area contributed by atoms with Gasteiger partial charge in [0.15, 0.2) is 0 Å². The van der Waals surface area contributed by atoms with E-state index in [2.05, 4.69) is 5.32 Å². The van der Waals surface area contributed by atoms with Crippen LogP contribution in [0.4, 0.5) is 14.9 Å². The van der Waals surface area contributed by atoms with Crippen LogP contribution in [0.25, 0.3) is 0 Å². The van der Waals surface area contributed by atoms with Crippen molar-refractivity contribution in [2.24, 2.45) is 0 Å².